The summed E-state index contributed by atoms with van der Waals surface area (Å²) in [6, 6.07) is 9.07. The van der Waals surface area contributed by atoms with Crippen LogP contribution in [0.15, 0.2) is 56.7 Å². The van der Waals surface area contributed by atoms with E-state index in [4.69, 9.17) is 23.2 Å². The van der Waals surface area contributed by atoms with Crippen molar-refractivity contribution in [3.8, 4) is 0 Å². The van der Waals surface area contributed by atoms with Gasteiger partial charge in [0.15, 0.2) is 0 Å². The lowest BCUT2D eigenvalue weighted by Crippen LogP contribution is -2.21. The smallest absolute Gasteiger partial charge is 0.294 e. The normalized spacial score (nSPS) is 10.7. The Balaban J connectivity index is 1.78. The van der Waals surface area contributed by atoms with Crippen LogP contribution in [0.1, 0.15) is 15.2 Å². The van der Waals surface area contributed by atoms with Gasteiger partial charge in [-0.15, -0.1) is 23.1 Å². The molecule has 0 saturated heterocycles. The van der Waals surface area contributed by atoms with Crippen LogP contribution < -0.4 is 5.32 Å². The Morgan fingerprint density at radius 3 is 2.48 bits per heavy atom. The van der Waals surface area contributed by atoms with E-state index in [0.29, 0.717) is 15.6 Å². The molecule has 0 fully saturated rings. The summed E-state index contributed by atoms with van der Waals surface area (Å²) < 4.78 is 0.319. The first kappa shape index (κ1) is 21.9. The molecule has 0 aliphatic heterocycles. The molecule has 29 heavy (non-hydrogen) atoms. The third-order valence-corrected chi connectivity index (χ3v) is 7.71. The number of rotatable bonds is 7. The fourth-order valence-electron chi connectivity index (χ4n) is 2.28. The van der Waals surface area contributed by atoms with Gasteiger partial charge in [0, 0.05) is 29.9 Å². The molecule has 3 rings (SSSR count). The van der Waals surface area contributed by atoms with Crippen molar-refractivity contribution in [2.45, 2.75) is 20.5 Å². The number of amides is 1. The Bertz CT molecular complexity index is 1040. The van der Waals surface area contributed by atoms with E-state index >= 15 is 0 Å². The summed E-state index contributed by atoms with van der Waals surface area (Å²) in [6.07, 6.45) is 4.80. The van der Waals surface area contributed by atoms with Crippen molar-refractivity contribution >= 4 is 69.7 Å². The van der Waals surface area contributed by atoms with Crippen molar-refractivity contribution in [3.63, 3.8) is 0 Å². The van der Waals surface area contributed by atoms with Gasteiger partial charge in [0.1, 0.15) is 9.09 Å². The molecule has 0 aliphatic carbocycles. The molecule has 150 valence electrons. The van der Waals surface area contributed by atoms with E-state index in [1.165, 1.54) is 18.5 Å². The average Bonchev–Trinajstić information content (AvgIpc) is 3.14. The van der Waals surface area contributed by atoms with Crippen molar-refractivity contribution in [1.29, 1.82) is 0 Å². The summed E-state index contributed by atoms with van der Waals surface area (Å²) in [4.78, 5) is 29.1. The highest BCUT2D eigenvalue weighted by molar-refractivity contribution is 8.01. The lowest BCUT2D eigenvalue weighted by atomic mass is 10.2. The molecule has 6 nitrogen and oxygen atoms in total. The summed E-state index contributed by atoms with van der Waals surface area (Å²) in [5, 5.41) is 14.8. The maximum atomic E-state index is 12.5. The van der Waals surface area contributed by atoms with Crippen molar-refractivity contribution in [3.05, 3.63) is 73.3 Å². The van der Waals surface area contributed by atoms with E-state index in [2.05, 4.69) is 10.3 Å². The number of nitrogens with zero attached hydrogens (tertiary/aromatic N) is 2. The van der Waals surface area contributed by atoms with Gasteiger partial charge in [-0.2, -0.15) is 0 Å². The number of halogens is 2. The van der Waals surface area contributed by atoms with Gasteiger partial charge in [-0.05, 0) is 24.0 Å². The number of pyridine rings is 1. The lowest BCUT2D eigenvalue weighted by molar-refractivity contribution is -0.387. The van der Waals surface area contributed by atoms with Crippen LogP contribution in [-0.2, 0) is 6.54 Å². The van der Waals surface area contributed by atoms with Gasteiger partial charge in [0.05, 0.1) is 19.9 Å². The molecule has 2 heterocycles. The van der Waals surface area contributed by atoms with Gasteiger partial charge < -0.3 is 5.32 Å². The SMILES string of the molecule is CSc1ccc(CNC(=O)c2cc([N+](=O)[O-])c(Sc3c(Cl)cncc3Cl)s2)cc1. The molecule has 0 radical (unpaired) electrons. The molecular formula is C18H13Cl2N3O3S3. The van der Waals surface area contributed by atoms with Crippen LogP contribution in [0, 0.1) is 10.1 Å². The summed E-state index contributed by atoms with van der Waals surface area (Å²) >= 11 is 15.9. The van der Waals surface area contributed by atoms with Crippen LogP contribution in [0.3, 0.4) is 0 Å². The predicted molar refractivity (Wildman–Crippen MR) is 119 cm³/mol. The molecule has 0 bridgehead atoms. The maximum absolute atomic E-state index is 12.5. The van der Waals surface area contributed by atoms with Crippen molar-refractivity contribution in [2.24, 2.45) is 0 Å². The highest BCUT2D eigenvalue weighted by atomic mass is 35.5. The monoisotopic (exact) mass is 485 g/mol. The minimum atomic E-state index is -0.528. The minimum absolute atomic E-state index is 0.168. The molecule has 0 spiro atoms. The molecule has 0 unspecified atom stereocenters. The highest BCUT2D eigenvalue weighted by Crippen LogP contribution is 2.45. The van der Waals surface area contributed by atoms with E-state index in [-0.39, 0.29) is 26.5 Å². The number of carbonyl (C=O) groups is 1. The number of carbonyl (C=O) groups excluding carboxylic acids is 1. The van der Waals surface area contributed by atoms with Crippen LogP contribution in [-0.4, -0.2) is 22.1 Å². The summed E-state index contributed by atoms with van der Waals surface area (Å²) in [5.41, 5.74) is 0.769. The fraction of sp³-hybridized carbons (Fsp3) is 0.111. The second-order valence-corrected chi connectivity index (χ2v) is 9.63. The van der Waals surface area contributed by atoms with Gasteiger partial charge in [-0.25, -0.2) is 0 Å². The highest BCUT2D eigenvalue weighted by Gasteiger charge is 2.24. The Kier molecular flexibility index (Phi) is 7.42. The Morgan fingerprint density at radius 1 is 1.24 bits per heavy atom. The molecule has 0 saturated carbocycles. The van der Waals surface area contributed by atoms with E-state index in [1.54, 1.807) is 11.8 Å². The van der Waals surface area contributed by atoms with Gasteiger partial charge in [0.25, 0.3) is 11.6 Å². The van der Waals surface area contributed by atoms with E-state index in [9.17, 15) is 14.9 Å². The number of hydrogen-bond donors (Lipinski definition) is 1. The third kappa shape index (κ3) is 5.43. The first-order chi connectivity index (χ1) is 13.9. The zero-order valence-corrected chi connectivity index (χ0v) is 18.8. The zero-order chi connectivity index (χ0) is 21.0. The molecule has 1 aromatic carbocycles. The summed E-state index contributed by atoms with van der Waals surface area (Å²) in [7, 11) is 0. The van der Waals surface area contributed by atoms with Crippen LogP contribution in [0.4, 0.5) is 5.69 Å². The number of benzene rings is 1. The summed E-state index contributed by atoms with van der Waals surface area (Å²) in [5.74, 6) is -0.384. The molecule has 0 aliphatic rings. The van der Waals surface area contributed by atoms with Gasteiger partial charge >= 0.3 is 0 Å². The van der Waals surface area contributed by atoms with Crippen molar-refractivity contribution in [2.75, 3.05) is 6.26 Å². The van der Waals surface area contributed by atoms with Gasteiger partial charge in [0.2, 0.25) is 0 Å². The zero-order valence-electron chi connectivity index (χ0n) is 14.8. The van der Waals surface area contributed by atoms with E-state index in [1.807, 2.05) is 30.5 Å². The maximum Gasteiger partial charge on any atom is 0.294 e. The first-order valence-electron chi connectivity index (χ1n) is 8.05. The third-order valence-electron chi connectivity index (χ3n) is 3.72. The average molecular weight is 486 g/mol. The first-order valence-corrected chi connectivity index (χ1v) is 11.7. The summed E-state index contributed by atoms with van der Waals surface area (Å²) in [6.45, 7) is 0.323. The Labute approximate surface area is 189 Å². The fourth-order valence-corrected chi connectivity index (χ4v) is 5.47. The molecule has 11 heteroatoms. The van der Waals surface area contributed by atoms with Crippen molar-refractivity contribution in [1.82, 2.24) is 10.3 Å². The number of nitrogens with one attached hydrogen (secondary N) is 1. The standard InChI is InChI=1S/C18H13Cl2N3O3S3/c1-27-11-4-2-10(3-5-11)7-22-17(24)15-6-14(23(25)26)18(28-15)29-16-12(19)8-21-9-13(16)20/h2-6,8-9H,7H2,1H3,(H,22,24). The Morgan fingerprint density at radius 2 is 1.90 bits per heavy atom. The molecule has 2 aromatic heterocycles. The van der Waals surface area contributed by atoms with Crippen LogP contribution in [0.5, 0.6) is 0 Å². The molecular weight excluding hydrogens is 473 g/mol. The topological polar surface area (TPSA) is 85.1 Å². The molecule has 0 atom stereocenters. The number of thioether (sulfide) groups is 1. The second kappa shape index (κ2) is 9.82. The molecule has 3 aromatic rings. The van der Waals surface area contributed by atoms with Crippen LogP contribution >= 0.6 is 58.1 Å². The van der Waals surface area contributed by atoms with Gasteiger partial charge in [-0.3, -0.25) is 19.9 Å². The quantitative estimate of drug-likeness (QED) is 0.245. The van der Waals surface area contributed by atoms with E-state index < -0.39 is 4.92 Å². The Hall–Kier alpha value is -1.78. The van der Waals surface area contributed by atoms with Crippen LogP contribution in [0.25, 0.3) is 0 Å². The largest absolute Gasteiger partial charge is 0.347 e. The number of hydrogen-bond acceptors (Lipinski definition) is 7. The van der Waals surface area contributed by atoms with E-state index in [0.717, 1.165) is 33.6 Å². The number of thiophene rings is 1. The minimum Gasteiger partial charge on any atom is -0.347 e. The van der Waals surface area contributed by atoms with Gasteiger partial charge in [-0.1, -0.05) is 47.1 Å². The second-order valence-electron chi connectivity index (χ2n) is 5.61. The van der Waals surface area contributed by atoms with Crippen LogP contribution in [0.2, 0.25) is 10.0 Å². The number of aromatic nitrogens is 1. The lowest BCUT2D eigenvalue weighted by Gasteiger charge is -2.05. The molecule has 1 amide bonds. The van der Waals surface area contributed by atoms with Crippen molar-refractivity contribution < 1.29 is 9.72 Å². The molecule has 1 N–H and O–H groups in total. The predicted octanol–water partition coefficient (Wildman–Crippen LogP) is 6.16. The number of nitro groups is 1.